The second-order valence-corrected chi connectivity index (χ2v) is 3.61. The van der Waals surface area contributed by atoms with E-state index in [1.54, 1.807) is 0 Å². The van der Waals surface area contributed by atoms with Gasteiger partial charge in [0, 0.05) is 18.9 Å². The SMILES string of the molecule is CC(C)C(O)CNC(=O)c1cnccn1. The molecule has 0 fully saturated rings. The van der Waals surface area contributed by atoms with E-state index >= 15 is 0 Å². The Balaban J connectivity index is 2.44. The van der Waals surface area contributed by atoms with Crippen molar-refractivity contribution in [3.8, 4) is 0 Å². The van der Waals surface area contributed by atoms with Crippen molar-refractivity contribution >= 4 is 5.91 Å². The van der Waals surface area contributed by atoms with E-state index in [4.69, 9.17) is 0 Å². The summed E-state index contributed by atoms with van der Waals surface area (Å²) in [6.45, 7) is 4.01. The maximum atomic E-state index is 11.4. The highest BCUT2D eigenvalue weighted by molar-refractivity contribution is 5.91. The van der Waals surface area contributed by atoms with Crippen molar-refractivity contribution in [3.63, 3.8) is 0 Å². The summed E-state index contributed by atoms with van der Waals surface area (Å²) < 4.78 is 0. The van der Waals surface area contributed by atoms with E-state index in [1.165, 1.54) is 18.6 Å². The fraction of sp³-hybridized carbons (Fsp3) is 0.500. The average Bonchev–Trinajstić information content (AvgIpc) is 2.26. The van der Waals surface area contributed by atoms with Crippen LogP contribution in [0.2, 0.25) is 0 Å². The van der Waals surface area contributed by atoms with E-state index in [9.17, 15) is 9.90 Å². The molecule has 0 aliphatic heterocycles. The lowest BCUT2D eigenvalue weighted by Crippen LogP contribution is -2.35. The minimum Gasteiger partial charge on any atom is -0.391 e. The van der Waals surface area contributed by atoms with Crippen molar-refractivity contribution in [1.82, 2.24) is 15.3 Å². The van der Waals surface area contributed by atoms with Crippen LogP contribution < -0.4 is 5.32 Å². The van der Waals surface area contributed by atoms with Crippen LogP contribution in [-0.2, 0) is 0 Å². The summed E-state index contributed by atoms with van der Waals surface area (Å²) in [5.41, 5.74) is 0.258. The molecule has 82 valence electrons. The summed E-state index contributed by atoms with van der Waals surface area (Å²) in [5.74, 6) is -0.199. The van der Waals surface area contributed by atoms with Gasteiger partial charge in [0.05, 0.1) is 12.3 Å². The van der Waals surface area contributed by atoms with E-state index in [0.29, 0.717) is 0 Å². The lowest BCUT2D eigenvalue weighted by Gasteiger charge is -2.14. The number of rotatable bonds is 4. The lowest BCUT2D eigenvalue weighted by atomic mass is 10.1. The number of aliphatic hydroxyl groups excluding tert-OH is 1. The standard InChI is InChI=1S/C10H15N3O2/c1-7(2)9(14)6-13-10(15)8-5-11-3-4-12-8/h3-5,7,9,14H,6H2,1-2H3,(H,13,15). The topological polar surface area (TPSA) is 75.1 Å². The third-order valence-corrected chi connectivity index (χ3v) is 2.04. The fourth-order valence-corrected chi connectivity index (χ4v) is 0.940. The molecule has 1 atom stereocenters. The summed E-state index contributed by atoms with van der Waals surface area (Å²) in [6, 6.07) is 0. The van der Waals surface area contributed by atoms with Gasteiger partial charge in [0.15, 0.2) is 0 Å². The molecule has 1 heterocycles. The number of carbonyl (C=O) groups is 1. The van der Waals surface area contributed by atoms with Crippen molar-refractivity contribution in [2.24, 2.45) is 5.92 Å². The molecule has 2 N–H and O–H groups in total. The highest BCUT2D eigenvalue weighted by atomic mass is 16.3. The molecule has 0 saturated carbocycles. The lowest BCUT2D eigenvalue weighted by molar-refractivity contribution is 0.0867. The maximum Gasteiger partial charge on any atom is 0.271 e. The molecule has 5 nitrogen and oxygen atoms in total. The number of amides is 1. The summed E-state index contributed by atoms with van der Waals surface area (Å²) in [4.78, 5) is 19.1. The first-order valence-electron chi connectivity index (χ1n) is 4.83. The van der Waals surface area contributed by atoms with E-state index in [-0.39, 0.29) is 24.1 Å². The summed E-state index contributed by atoms with van der Waals surface area (Å²) >= 11 is 0. The van der Waals surface area contributed by atoms with Crippen LogP contribution in [0.3, 0.4) is 0 Å². The summed E-state index contributed by atoms with van der Waals surface area (Å²) in [5, 5.41) is 12.1. The molecule has 0 aromatic carbocycles. The van der Waals surface area contributed by atoms with Crippen LogP contribution >= 0.6 is 0 Å². The van der Waals surface area contributed by atoms with Gasteiger partial charge in [0.1, 0.15) is 5.69 Å². The van der Waals surface area contributed by atoms with Crippen LogP contribution in [-0.4, -0.2) is 33.6 Å². The smallest absolute Gasteiger partial charge is 0.271 e. The molecule has 0 saturated heterocycles. The number of hydrogen-bond acceptors (Lipinski definition) is 4. The number of aromatic nitrogens is 2. The Morgan fingerprint density at radius 2 is 2.27 bits per heavy atom. The van der Waals surface area contributed by atoms with Crippen LogP contribution in [0.4, 0.5) is 0 Å². The van der Waals surface area contributed by atoms with Crippen LogP contribution in [0, 0.1) is 5.92 Å². The molecule has 0 aliphatic carbocycles. The number of aliphatic hydroxyl groups is 1. The molecule has 1 aromatic rings. The third-order valence-electron chi connectivity index (χ3n) is 2.04. The van der Waals surface area contributed by atoms with Gasteiger partial charge in [-0.2, -0.15) is 0 Å². The highest BCUT2D eigenvalue weighted by Crippen LogP contribution is 1.99. The molecule has 1 amide bonds. The molecule has 0 bridgehead atoms. The Morgan fingerprint density at radius 1 is 1.53 bits per heavy atom. The van der Waals surface area contributed by atoms with E-state index in [1.807, 2.05) is 13.8 Å². The molecule has 1 aromatic heterocycles. The van der Waals surface area contributed by atoms with Crippen LogP contribution in [0.25, 0.3) is 0 Å². The molecular formula is C10H15N3O2. The van der Waals surface area contributed by atoms with E-state index in [2.05, 4.69) is 15.3 Å². The Labute approximate surface area is 88.6 Å². The summed E-state index contributed by atoms with van der Waals surface area (Å²) in [6.07, 6.45) is 3.80. The minimum atomic E-state index is -0.536. The van der Waals surface area contributed by atoms with E-state index < -0.39 is 6.10 Å². The zero-order valence-corrected chi connectivity index (χ0v) is 8.84. The van der Waals surface area contributed by atoms with Crippen molar-refractivity contribution in [1.29, 1.82) is 0 Å². The van der Waals surface area contributed by atoms with Crippen molar-refractivity contribution < 1.29 is 9.90 Å². The monoisotopic (exact) mass is 209 g/mol. The Morgan fingerprint density at radius 3 is 2.80 bits per heavy atom. The predicted molar refractivity (Wildman–Crippen MR) is 55.2 cm³/mol. The molecule has 15 heavy (non-hydrogen) atoms. The van der Waals surface area contributed by atoms with Gasteiger partial charge < -0.3 is 10.4 Å². The minimum absolute atomic E-state index is 0.118. The molecule has 1 unspecified atom stereocenters. The molecular weight excluding hydrogens is 194 g/mol. The molecule has 1 rings (SSSR count). The molecule has 0 aliphatic rings. The molecule has 0 radical (unpaired) electrons. The number of nitrogens with one attached hydrogen (secondary N) is 1. The third kappa shape index (κ3) is 3.63. The van der Waals surface area contributed by atoms with Gasteiger partial charge in [0.25, 0.3) is 5.91 Å². The first-order chi connectivity index (χ1) is 7.11. The number of carbonyl (C=O) groups excluding carboxylic acids is 1. The zero-order valence-electron chi connectivity index (χ0n) is 8.84. The van der Waals surface area contributed by atoms with Gasteiger partial charge in [-0.25, -0.2) is 4.98 Å². The zero-order chi connectivity index (χ0) is 11.3. The number of nitrogens with zero attached hydrogens (tertiary/aromatic N) is 2. The Kier molecular flexibility index (Phi) is 4.17. The van der Waals surface area contributed by atoms with Crippen molar-refractivity contribution in [3.05, 3.63) is 24.3 Å². The van der Waals surface area contributed by atoms with Crippen LogP contribution in [0.5, 0.6) is 0 Å². The first-order valence-corrected chi connectivity index (χ1v) is 4.83. The quantitative estimate of drug-likeness (QED) is 0.744. The van der Waals surface area contributed by atoms with Crippen molar-refractivity contribution in [2.75, 3.05) is 6.54 Å². The molecule has 5 heteroatoms. The largest absolute Gasteiger partial charge is 0.391 e. The predicted octanol–water partition coefficient (Wildman–Crippen LogP) is 0.223. The first kappa shape index (κ1) is 11.6. The molecule has 0 spiro atoms. The van der Waals surface area contributed by atoms with Gasteiger partial charge in [0.2, 0.25) is 0 Å². The maximum absolute atomic E-state index is 11.4. The highest BCUT2D eigenvalue weighted by Gasteiger charge is 2.12. The van der Waals surface area contributed by atoms with Crippen molar-refractivity contribution in [2.45, 2.75) is 20.0 Å². The Hall–Kier alpha value is -1.49. The van der Waals surface area contributed by atoms with Crippen LogP contribution in [0.1, 0.15) is 24.3 Å². The van der Waals surface area contributed by atoms with E-state index in [0.717, 1.165) is 0 Å². The second-order valence-electron chi connectivity index (χ2n) is 3.61. The van der Waals surface area contributed by atoms with Gasteiger partial charge in [-0.1, -0.05) is 13.8 Å². The fourth-order valence-electron chi connectivity index (χ4n) is 0.940. The van der Waals surface area contributed by atoms with Gasteiger partial charge >= 0.3 is 0 Å². The number of hydrogen-bond donors (Lipinski definition) is 2. The van der Waals surface area contributed by atoms with Crippen LogP contribution in [0.15, 0.2) is 18.6 Å². The van der Waals surface area contributed by atoms with Gasteiger partial charge in [-0.3, -0.25) is 9.78 Å². The van der Waals surface area contributed by atoms with Gasteiger partial charge in [-0.05, 0) is 5.92 Å². The van der Waals surface area contributed by atoms with Gasteiger partial charge in [-0.15, -0.1) is 0 Å². The second kappa shape index (κ2) is 5.41. The Bertz CT molecular complexity index is 314. The average molecular weight is 209 g/mol. The normalized spacial score (nSPS) is 12.5. The summed E-state index contributed by atoms with van der Waals surface area (Å²) in [7, 11) is 0.